The predicted molar refractivity (Wildman–Crippen MR) is 136 cm³/mol. The Morgan fingerprint density at radius 2 is 1.81 bits per heavy atom. The number of benzene rings is 2. The first-order valence-electron chi connectivity index (χ1n) is 11.5. The first-order chi connectivity index (χ1) is 17.4. The van der Waals surface area contributed by atoms with E-state index in [0.717, 1.165) is 17.0 Å². The van der Waals surface area contributed by atoms with Gasteiger partial charge in [0.15, 0.2) is 17.4 Å². The third-order valence-corrected chi connectivity index (χ3v) is 7.09. The molecule has 200 valence electrons. The highest BCUT2D eigenvalue weighted by molar-refractivity contribution is 7.92. The molecule has 0 bridgehead atoms. The molecule has 1 N–H and O–H groups in total. The molecule has 12 heteroatoms. The molecule has 0 aliphatic rings. The molecule has 0 unspecified atom stereocenters. The number of halogens is 2. The number of nitrogens with zero attached hydrogens (tertiary/aromatic N) is 2. The monoisotopic (exact) mass is 537 g/mol. The maximum Gasteiger partial charge on any atom is 0.414 e. The lowest BCUT2D eigenvalue weighted by atomic mass is 9.97. The van der Waals surface area contributed by atoms with E-state index < -0.39 is 39.1 Å². The van der Waals surface area contributed by atoms with Crippen LogP contribution in [0, 0.1) is 11.6 Å². The molecule has 37 heavy (non-hydrogen) atoms. The van der Waals surface area contributed by atoms with E-state index in [2.05, 4.69) is 4.72 Å². The number of ether oxygens (including phenoxy) is 1. The smallest absolute Gasteiger partial charge is 0.414 e. The maximum atomic E-state index is 15.3. The largest absolute Gasteiger partial charge is 0.422 e. The number of nitrogens with one attached hydrogen (secondary N) is 1. The van der Waals surface area contributed by atoms with Gasteiger partial charge in [0.25, 0.3) is 0 Å². The molecular weight excluding hydrogens is 508 g/mol. The number of anilines is 1. The van der Waals surface area contributed by atoms with E-state index in [0.29, 0.717) is 12.1 Å². The van der Waals surface area contributed by atoms with E-state index in [1.54, 1.807) is 7.05 Å². The lowest BCUT2D eigenvalue weighted by Crippen LogP contribution is -2.25. The zero-order valence-electron chi connectivity index (χ0n) is 21.2. The molecule has 3 aromatic rings. The first-order valence-corrected chi connectivity index (χ1v) is 13.2. The van der Waals surface area contributed by atoms with Crippen LogP contribution < -0.4 is 15.1 Å². The zero-order valence-corrected chi connectivity index (χ0v) is 22.0. The second-order valence-corrected chi connectivity index (χ2v) is 10.7. The van der Waals surface area contributed by atoms with Crippen molar-refractivity contribution in [3.63, 3.8) is 0 Å². The summed E-state index contributed by atoms with van der Waals surface area (Å²) < 4.78 is 66.8. The first kappa shape index (κ1) is 28.1. The summed E-state index contributed by atoms with van der Waals surface area (Å²) >= 11 is 0. The number of rotatable bonds is 9. The number of hydrogen-bond acceptors (Lipinski definition) is 7. The molecule has 0 fully saturated rings. The van der Waals surface area contributed by atoms with Crippen molar-refractivity contribution in [1.82, 2.24) is 9.80 Å². The average Bonchev–Trinajstić information content (AvgIpc) is 2.84. The summed E-state index contributed by atoms with van der Waals surface area (Å²) in [7, 11) is 0.947. The van der Waals surface area contributed by atoms with Gasteiger partial charge < -0.3 is 19.0 Å². The predicted octanol–water partition coefficient (Wildman–Crippen LogP) is 3.94. The minimum absolute atomic E-state index is 0.00105. The molecular formula is C25H29F2N3O6S. The quantitative estimate of drug-likeness (QED) is 0.412. The zero-order chi connectivity index (χ0) is 27.5. The lowest BCUT2D eigenvalue weighted by molar-refractivity contribution is 0.170. The van der Waals surface area contributed by atoms with Gasteiger partial charge in [-0.2, -0.15) is 0 Å². The van der Waals surface area contributed by atoms with E-state index in [1.165, 1.54) is 39.2 Å². The Bertz CT molecular complexity index is 1490. The van der Waals surface area contributed by atoms with Crippen LogP contribution in [0.5, 0.6) is 5.75 Å². The second-order valence-electron chi connectivity index (χ2n) is 8.68. The van der Waals surface area contributed by atoms with Crippen LogP contribution in [0.3, 0.4) is 0 Å². The lowest BCUT2D eigenvalue weighted by Gasteiger charge is -2.19. The van der Waals surface area contributed by atoms with Gasteiger partial charge in [-0.1, -0.05) is 19.1 Å². The Morgan fingerprint density at radius 1 is 1.11 bits per heavy atom. The van der Waals surface area contributed by atoms with E-state index in [9.17, 15) is 22.4 Å². The van der Waals surface area contributed by atoms with Crippen molar-refractivity contribution in [2.45, 2.75) is 26.8 Å². The molecule has 0 aliphatic carbocycles. The Balaban J connectivity index is 2.16. The van der Waals surface area contributed by atoms with Gasteiger partial charge >= 0.3 is 11.7 Å². The Labute approximate surface area is 213 Å². The molecule has 0 saturated heterocycles. The fourth-order valence-corrected chi connectivity index (χ4v) is 4.17. The summed E-state index contributed by atoms with van der Waals surface area (Å²) in [5.41, 5.74) is -0.447. The summed E-state index contributed by atoms with van der Waals surface area (Å²) in [5.74, 6) is -2.31. The Morgan fingerprint density at radius 3 is 2.43 bits per heavy atom. The van der Waals surface area contributed by atoms with Gasteiger partial charge in [0.05, 0.1) is 11.4 Å². The maximum absolute atomic E-state index is 15.3. The van der Waals surface area contributed by atoms with E-state index in [1.807, 2.05) is 11.8 Å². The van der Waals surface area contributed by atoms with Crippen LogP contribution in [-0.4, -0.2) is 57.8 Å². The molecule has 0 spiro atoms. The number of hydrogen-bond donors (Lipinski definition) is 1. The number of sulfonamides is 1. The summed E-state index contributed by atoms with van der Waals surface area (Å²) in [5, 5.41) is 0.264. The molecule has 0 saturated carbocycles. The summed E-state index contributed by atoms with van der Waals surface area (Å²) in [6, 6.07) is 6.43. The van der Waals surface area contributed by atoms with Gasteiger partial charge in [0.1, 0.15) is 5.58 Å². The second kappa shape index (κ2) is 11.3. The van der Waals surface area contributed by atoms with E-state index in [4.69, 9.17) is 9.15 Å². The summed E-state index contributed by atoms with van der Waals surface area (Å²) in [4.78, 5) is 28.0. The van der Waals surface area contributed by atoms with E-state index >= 15 is 4.39 Å². The fourth-order valence-electron chi connectivity index (χ4n) is 3.53. The molecule has 3 rings (SSSR count). The third-order valence-electron chi connectivity index (χ3n) is 5.79. The van der Waals surface area contributed by atoms with Crippen LogP contribution in [0.2, 0.25) is 0 Å². The van der Waals surface area contributed by atoms with Gasteiger partial charge in [-0.15, -0.1) is 0 Å². The minimum Gasteiger partial charge on any atom is -0.422 e. The van der Waals surface area contributed by atoms with Gasteiger partial charge in [-0.3, -0.25) is 4.72 Å². The molecule has 1 heterocycles. The van der Waals surface area contributed by atoms with Gasteiger partial charge in [0, 0.05) is 44.1 Å². The highest BCUT2D eigenvalue weighted by atomic mass is 32.2. The highest BCUT2D eigenvalue weighted by Gasteiger charge is 2.22. The van der Waals surface area contributed by atoms with Crippen molar-refractivity contribution in [2.75, 3.05) is 38.2 Å². The third kappa shape index (κ3) is 6.44. The standard InChI is InChI=1S/C25H29F2N3O6S/c1-6-30(5)14-18-16-12-19(26)22(36-25(32)29(3)4)13-21(16)35-24(31)17(18)11-15-9-8-10-20(23(15)27)28-37(33,34)7-2/h8-10,12-13,28H,6-7,11,14H2,1-5H3. The molecule has 9 nitrogen and oxygen atoms in total. The van der Waals surface area contributed by atoms with Crippen LogP contribution in [0.25, 0.3) is 11.0 Å². The molecule has 1 aromatic heterocycles. The van der Waals surface area contributed by atoms with Crippen LogP contribution in [-0.2, 0) is 23.0 Å². The molecule has 0 aliphatic heterocycles. The number of amides is 1. The van der Waals surface area contributed by atoms with E-state index in [-0.39, 0.29) is 46.5 Å². The van der Waals surface area contributed by atoms with Crippen molar-refractivity contribution in [2.24, 2.45) is 0 Å². The Hall–Kier alpha value is -3.51. The van der Waals surface area contributed by atoms with Crippen LogP contribution >= 0.6 is 0 Å². The average molecular weight is 538 g/mol. The minimum atomic E-state index is -3.73. The van der Waals surface area contributed by atoms with Crippen molar-refractivity contribution in [3.8, 4) is 5.75 Å². The SMILES string of the molecule is CCN(C)Cc1c(Cc2cccc(NS(=O)(=O)CC)c2F)c(=O)oc2cc(OC(=O)N(C)C)c(F)cc12. The number of carbonyl (C=O) groups is 1. The fraction of sp³-hybridized carbons (Fsp3) is 0.360. The van der Waals surface area contributed by atoms with Crippen LogP contribution in [0.1, 0.15) is 30.5 Å². The highest BCUT2D eigenvalue weighted by Crippen LogP contribution is 2.30. The molecule has 0 atom stereocenters. The summed E-state index contributed by atoms with van der Waals surface area (Å²) in [6.07, 6.45) is -1.03. The van der Waals surface area contributed by atoms with Crippen molar-refractivity contribution >= 4 is 32.8 Å². The number of carbonyl (C=O) groups excluding carboxylic acids is 1. The number of fused-ring (bicyclic) bond motifs is 1. The van der Waals surface area contributed by atoms with Gasteiger partial charge in [-0.25, -0.2) is 26.8 Å². The normalized spacial score (nSPS) is 11.7. The molecule has 0 radical (unpaired) electrons. The van der Waals surface area contributed by atoms with Gasteiger partial charge in [0.2, 0.25) is 10.0 Å². The van der Waals surface area contributed by atoms with Crippen molar-refractivity contribution in [1.29, 1.82) is 0 Å². The van der Waals surface area contributed by atoms with Crippen LogP contribution in [0.15, 0.2) is 39.5 Å². The molecule has 1 amide bonds. The van der Waals surface area contributed by atoms with Crippen LogP contribution in [0.4, 0.5) is 19.3 Å². The summed E-state index contributed by atoms with van der Waals surface area (Å²) in [6.45, 7) is 4.14. The van der Waals surface area contributed by atoms with Crippen molar-refractivity contribution < 1.29 is 31.1 Å². The Kier molecular flexibility index (Phi) is 8.54. The molecule has 2 aromatic carbocycles. The van der Waals surface area contributed by atoms with Gasteiger partial charge in [-0.05, 0) is 43.8 Å². The van der Waals surface area contributed by atoms with Crippen molar-refractivity contribution in [3.05, 3.63) is 69.1 Å². The topological polar surface area (TPSA) is 109 Å².